The highest BCUT2D eigenvalue weighted by Gasteiger charge is 2.17. The van der Waals surface area contributed by atoms with Gasteiger partial charge in [0.25, 0.3) is 11.5 Å². The monoisotopic (exact) mass is 395 g/mol. The standard InChI is InChI=1S/C22H26N4O3/c1-15-8-9-17(12-16(15)2)23-21(27)14-26(10-11-29-3)13-20-24-19-7-5-4-6-18(19)22(28)25-20/h4-9,12H,10-11,13-14H2,1-3H3,(H,23,27)(H,24,25,28)/p+1. The minimum Gasteiger partial charge on any atom is -0.379 e. The van der Waals surface area contributed by atoms with E-state index in [9.17, 15) is 9.59 Å². The molecule has 0 fully saturated rings. The van der Waals surface area contributed by atoms with Crippen molar-refractivity contribution in [2.24, 2.45) is 0 Å². The van der Waals surface area contributed by atoms with Crippen molar-refractivity contribution >= 4 is 22.5 Å². The van der Waals surface area contributed by atoms with Crippen molar-refractivity contribution in [2.45, 2.75) is 20.4 Å². The number of rotatable bonds is 8. The van der Waals surface area contributed by atoms with Gasteiger partial charge in [0.05, 0.1) is 17.5 Å². The summed E-state index contributed by atoms with van der Waals surface area (Å²) in [5.41, 5.74) is 3.57. The van der Waals surface area contributed by atoms with Crippen LogP contribution >= 0.6 is 0 Å². The number of aromatic nitrogens is 2. The number of methoxy groups -OCH3 is 1. The van der Waals surface area contributed by atoms with Crippen molar-refractivity contribution < 1.29 is 14.4 Å². The Balaban J connectivity index is 1.73. The highest BCUT2D eigenvalue weighted by Crippen LogP contribution is 2.13. The van der Waals surface area contributed by atoms with E-state index >= 15 is 0 Å². The summed E-state index contributed by atoms with van der Waals surface area (Å²) >= 11 is 0. The van der Waals surface area contributed by atoms with Gasteiger partial charge in [0, 0.05) is 12.8 Å². The average molecular weight is 395 g/mol. The average Bonchev–Trinajstić information content (AvgIpc) is 2.69. The molecule has 29 heavy (non-hydrogen) atoms. The minimum absolute atomic E-state index is 0.0949. The molecule has 0 spiro atoms. The number of hydrogen-bond donors (Lipinski definition) is 3. The molecule has 3 N–H and O–H groups in total. The normalized spacial score (nSPS) is 12.1. The van der Waals surface area contributed by atoms with Crippen molar-refractivity contribution in [3.8, 4) is 0 Å². The molecule has 1 atom stereocenters. The van der Waals surface area contributed by atoms with E-state index in [4.69, 9.17) is 4.74 Å². The summed E-state index contributed by atoms with van der Waals surface area (Å²) in [5, 5.41) is 3.51. The Morgan fingerprint density at radius 2 is 1.97 bits per heavy atom. The molecule has 1 unspecified atom stereocenters. The van der Waals surface area contributed by atoms with Crippen molar-refractivity contribution in [3.63, 3.8) is 0 Å². The molecule has 3 aromatic rings. The van der Waals surface area contributed by atoms with E-state index in [0.29, 0.717) is 36.4 Å². The number of hydrogen-bond acceptors (Lipinski definition) is 4. The molecule has 0 saturated heterocycles. The molecule has 0 bridgehead atoms. The third-order valence-corrected chi connectivity index (χ3v) is 4.94. The van der Waals surface area contributed by atoms with E-state index in [2.05, 4.69) is 15.3 Å². The summed E-state index contributed by atoms with van der Waals surface area (Å²) in [5.74, 6) is 0.460. The van der Waals surface area contributed by atoms with E-state index in [1.54, 1.807) is 13.2 Å². The summed E-state index contributed by atoms with van der Waals surface area (Å²) in [6, 6.07) is 13.1. The van der Waals surface area contributed by atoms with Crippen molar-refractivity contribution in [2.75, 3.05) is 32.1 Å². The largest absolute Gasteiger partial charge is 0.379 e. The predicted octanol–water partition coefficient (Wildman–Crippen LogP) is 1.21. The molecule has 7 heteroatoms. The second-order valence-corrected chi connectivity index (χ2v) is 7.22. The van der Waals surface area contributed by atoms with E-state index in [1.807, 2.05) is 50.2 Å². The third-order valence-electron chi connectivity index (χ3n) is 4.94. The van der Waals surface area contributed by atoms with E-state index in [-0.39, 0.29) is 18.0 Å². The van der Waals surface area contributed by atoms with Crippen LogP contribution in [0.25, 0.3) is 10.9 Å². The molecule has 152 valence electrons. The van der Waals surface area contributed by atoms with Gasteiger partial charge in [-0.2, -0.15) is 0 Å². The summed E-state index contributed by atoms with van der Waals surface area (Å²) < 4.78 is 5.19. The lowest BCUT2D eigenvalue weighted by atomic mass is 10.1. The van der Waals surface area contributed by atoms with Gasteiger partial charge < -0.3 is 19.9 Å². The quantitative estimate of drug-likeness (QED) is 0.535. The SMILES string of the molecule is COCC[NH+](CC(=O)Nc1ccc(C)c(C)c1)Cc1nc2ccccc2c(=O)[nH]1. The summed E-state index contributed by atoms with van der Waals surface area (Å²) in [6.07, 6.45) is 0. The molecule has 0 aliphatic heterocycles. The van der Waals surface area contributed by atoms with Crippen molar-refractivity contribution in [3.05, 3.63) is 69.8 Å². The Morgan fingerprint density at radius 3 is 2.72 bits per heavy atom. The number of para-hydroxylation sites is 1. The first-order chi connectivity index (χ1) is 14.0. The highest BCUT2D eigenvalue weighted by molar-refractivity contribution is 5.91. The number of H-pyrrole nitrogens is 1. The fourth-order valence-corrected chi connectivity index (χ4v) is 3.19. The van der Waals surface area contributed by atoms with Gasteiger partial charge in [-0.3, -0.25) is 9.59 Å². The van der Waals surface area contributed by atoms with Gasteiger partial charge in [-0.25, -0.2) is 4.98 Å². The zero-order valence-electron chi connectivity index (χ0n) is 17.0. The van der Waals surface area contributed by atoms with Gasteiger partial charge in [-0.1, -0.05) is 18.2 Å². The molecule has 1 aromatic heterocycles. The number of carbonyl (C=O) groups excluding carboxylic acids is 1. The van der Waals surface area contributed by atoms with E-state index < -0.39 is 0 Å². The molecule has 0 radical (unpaired) electrons. The van der Waals surface area contributed by atoms with Gasteiger partial charge in [-0.15, -0.1) is 0 Å². The van der Waals surface area contributed by atoms with Crippen LogP contribution in [0.2, 0.25) is 0 Å². The van der Waals surface area contributed by atoms with Gasteiger partial charge in [-0.05, 0) is 49.2 Å². The van der Waals surface area contributed by atoms with Crippen LogP contribution in [0.5, 0.6) is 0 Å². The van der Waals surface area contributed by atoms with Crippen LogP contribution in [0.3, 0.4) is 0 Å². The van der Waals surface area contributed by atoms with Crippen molar-refractivity contribution in [1.29, 1.82) is 0 Å². The van der Waals surface area contributed by atoms with E-state index in [0.717, 1.165) is 16.2 Å². The molecular formula is C22H27N4O3+. The first-order valence-corrected chi connectivity index (χ1v) is 9.64. The molecule has 0 aliphatic rings. The second kappa shape index (κ2) is 9.45. The topological polar surface area (TPSA) is 88.5 Å². The van der Waals surface area contributed by atoms with Crippen LogP contribution in [0.4, 0.5) is 5.69 Å². The molecule has 3 rings (SSSR count). The molecular weight excluding hydrogens is 368 g/mol. The molecule has 7 nitrogen and oxygen atoms in total. The summed E-state index contributed by atoms with van der Waals surface area (Å²) in [7, 11) is 1.63. The number of anilines is 1. The maximum absolute atomic E-state index is 12.6. The Labute approximate surface area is 169 Å². The molecule has 0 saturated carbocycles. The van der Waals surface area contributed by atoms with Crippen LogP contribution in [0.15, 0.2) is 47.3 Å². The Bertz CT molecular complexity index is 1060. The molecule has 2 aromatic carbocycles. The lowest BCUT2D eigenvalue weighted by molar-refractivity contribution is -0.906. The van der Waals surface area contributed by atoms with Crippen LogP contribution in [0, 0.1) is 13.8 Å². The number of benzene rings is 2. The lowest BCUT2D eigenvalue weighted by Gasteiger charge is -2.18. The first kappa shape index (κ1) is 20.7. The number of amides is 1. The first-order valence-electron chi connectivity index (χ1n) is 9.64. The smallest absolute Gasteiger partial charge is 0.279 e. The van der Waals surface area contributed by atoms with Crippen molar-refractivity contribution in [1.82, 2.24) is 9.97 Å². The number of nitrogens with one attached hydrogen (secondary N) is 3. The van der Waals surface area contributed by atoms with Gasteiger partial charge in [0.1, 0.15) is 13.1 Å². The number of carbonyl (C=O) groups is 1. The number of aromatic amines is 1. The number of fused-ring (bicyclic) bond motifs is 1. The Kier molecular flexibility index (Phi) is 6.74. The number of ether oxygens (including phenoxy) is 1. The zero-order valence-corrected chi connectivity index (χ0v) is 17.0. The molecule has 0 aliphatic carbocycles. The predicted molar refractivity (Wildman–Crippen MR) is 113 cm³/mol. The van der Waals surface area contributed by atoms with Crippen LogP contribution in [-0.4, -0.2) is 42.7 Å². The van der Waals surface area contributed by atoms with E-state index in [1.165, 1.54) is 5.56 Å². The van der Waals surface area contributed by atoms with Gasteiger partial charge in [0.2, 0.25) is 0 Å². The fraction of sp³-hybridized carbons (Fsp3) is 0.318. The van der Waals surface area contributed by atoms with Crippen LogP contribution < -0.4 is 15.8 Å². The van der Waals surface area contributed by atoms with Gasteiger partial charge >= 0.3 is 0 Å². The maximum atomic E-state index is 12.6. The second-order valence-electron chi connectivity index (χ2n) is 7.22. The molecule has 1 amide bonds. The lowest BCUT2D eigenvalue weighted by Crippen LogP contribution is -3.12. The minimum atomic E-state index is -0.170. The maximum Gasteiger partial charge on any atom is 0.279 e. The summed E-state index contributed by atoms with van der Waals surface area (Å²) in [4.78, 5) is 33.2. The highest BCUT2D eigenvalue weighted by atomic mass is 16.5. The van der Waals surface area contributed by atoms with Gasteiger partial charge in [0.15, 0.2) is 12.4 Å². The Hall–Kier alpha value is -3.03. The van der Waals surface area contributed by atoms with Crippen LogP contribution in [-0.2, 0) is 16.1 Å². The zero-order chi connectivity index (χ0) is 20.8. The summed E-state index contributed by atoms with van der Waals surface area (Å²) in [6.45, 7) is 5.84. The fourth-order valence-electron chi connectivity index (χ4n) is 3.19. The molecule has 1 heterocycles. The number of aryl methyl sites for hydroxylation is 2. The third kappa shape index (κ3) is 5.49. The van der Waals surface area contributed by atoms with Crippen LogP contribution in [0.1, 0.15) is 17.0 Å². The number of nitrogens with zero attached hydrogens (tertiary/aromatic N) is 1. The number of quaternary nitrogens is 1. The Morgan fingerprint density at radius 1 is 1.17 bits per heavy atom.